The van der Waals surface area contributed by atoms with E-state index < -0.39 is 0 Å². The zero-order valence-electron chi connectivity index (χ0n) is 10.3. The lowest BCUT2D eigenvalue weighted by atomic mass is 10.1. The maximum absolute atomic E-state index is 11.8. The van der Waals surface area contributed by atoms with Crippen molar-refractivity contribution in [2.24, 2.45) is 0 Å². The number of para-hydroxylation sites is 1. The first-order chi connectivity index (χ1) is 9.11. The summed E-state index contributed by atoms with van der Waals surface area (Å²) < 4.78 is 6.56. The Morgan fingerprint density at radius 2 is 1.95 bits per heavy atom. The normalized spacial score (nSPS) is 10.0. The fourth-order valence-electron chi connectivity index (χ4n) is 1.59. The van der Waals surface area contributed by atoms with Crippen molar-refractivity contribution in [3.05, 3.63) is 52.5 Å². The molecule has 2 aromatic carbocycles. The predicted molar refractivity (Wildman–Crippen MR) is 78.5 cm³/mol. The van der Waals surface area contributed by atoms with Crippen LogP contribution in [0.1, 0.15) is 10.4 Å². The Kier molecular flexibility index (Phi) is 4.06. The monoisotopic (exact) mass is 320 g/mol. The molecule has 3 N–H and O–H groups in total. The summed E-state index contributed by atoms with van der Waals surface area (Å²) in [5.74, 6) is 0.826. The van der Waals surface area contributed by atoms with Crippen molar-refractivity contribution in [2.75, 3.05) is 12.8 Å². The van der Waals surface area contributed by atoms with Crippen LogP contribution in [0, 0.1) is 0 Å². The third kappa shape index (κ3) is 3.06. The molecule has 0 heterocycles. The molecular weight excluding hydrogens is 308 g/mol. The number of carbonyl (C=O) groups excluding carboxylic acids is 1. The van der Waals surface area contributed by atoms with Crippen LogP contribution in [0.3, 0.4) is 0 Å². The minimum Gasteiger partial charge on any atom is -0.455 e. The van der Waals surface area contributed by atoms with E-state index in [1.54, 1.807) is 31.3 Å². The lowest BCUT2D eigenvalue weighted by molar-refractivity contribution is 0.0961. The first-order valence-electron chi connectivity index (χ1n) is 5.66. The smallest absolute Gasteiger partial charge is 0.254 e. The summed E-state index contributed by atoms with van der Waals surface area (Å²) in [6.07, 6.45) is 0. The average Bonchev–Trinajstić information content (AvgIpc) is 2.41. The minimum absolute atomic E-state index is 0.220. The molecule has 0 atom stereocenters. The maximum Gasteiger partial charge on any atom is 0.254 e. The van der Waals surface area contributed by atoms with Gasteiger partial charge in [0, 0.05) is 18.8 Å². The Hall–Kier alpha value is -2.01. The zero-order valence-corrected chi connectivity index (χ0v) is 11.9. The van der Waals surface area contributed by atoms with Crippen LogP contribution >= 0.6 is 15.9 Å². The number of hydrogen-bond acceptors (Lipinski definition) is 3. The van der Waals surface area contributed by atoms with Crippen molar-refractivity contribution in [2.45, 2.75) is 0 Å². The second-order valence-corrected chi connectivity index (χ2v) is 4.72. The van der Waals surface area contributed by atoms with E-state index in [0.29, 0.717) is 22.7 Å². The van der Waals surface area contributed by atoms with E-state index in [2.05, 4.69) is 21.2 Å². The van der Waals surface area contributed by atoms with Crippen LogP contribution < -0.4 is 15.8 Å². The van der Waals surface area contributed by atoms with Crippen LogP contribution in [-0.2, 0) is 0 Å². The van der Waals surface area contributed by atoms with E-state index in [4.69, 9.17) is 10.5 Å². The molecule has 0 bridgehead atoms. The molecule has 0 unspecified atom stereocenters. The Balaban J connectivity index is 2.41. The quantitative estimate of drug-likeness (QED) is 0.854. The molecule has 0 aromatic heterocycles. The molecule has 0 aliphatic rings. The number of rotatable bonds is 3. The summed E-state index contributed by atoms with van der Waals surface area (Å²) >= 11 is 3.39. The van der Waals surface area contributed by atoms with Gasteiger partial charge in [-0.25, -0.2) is 0 Å². The van der Waals surface area contributed by atoms with Crippen LogP contribution in [0.2, 0.25) is 0 Å². The molecule has 2 rings (SSSR count). The summed E-state index contributed by atoms with van der Waals surface area (Å²) in [7, 11) is 1.57. The second-order valence-electron chi connectivity index (χ2n) is 3.87. The zero-order chi connectivity index (χ0) is 13.8. The molecule has 2 aromatic rings. The summed E-state index contributed by atoms with van der Waals surface area (Å²) in [4.78, 5) is 11.8. The molecule has 0 aliphatic carbocycles. The molecular formula is C14H13BrN2O2. The summed E-state index contributed by atoms with van der Waals surface area (Å²) in [6, 6.07) is 12.3. The van der Waals surface area contributed by atoms with Crippen molar-refractivity contribution in [3.8, 4) is 11.5 Å². The fourth-order valence-corrected chi connectivity index (χ4v) is 1.96. The topological polar surface area (TPSA) is 64.4 Å². The van der Waals surface area contributed by atoms with E-state index in [9.17, 15) is 4.79 Å². The van der Waals surface area contributed by atoms with Gasteiger partial charge in [0.1, 0.15) is 11.5 Å². The largest absolute Gasteiger partial charge is 0.455 e. The number of anilines is 1. The molecule has 5 heteroatoms. The number of nitrogens with one attached hydrogen (secondary N) is 1. The molecule has 98 valence electrons. The van der Waals surface area contributed by atoms with Crippen molar-refractivity contribution >= 4 is 27.5 Å². The Morgan fingerprint density at radius 3 is 2.63 bits per heavy atom. The van der Waals surface area contributed by atoms with Gasteiger partial charge in [-0.1, -0.05) is 12.1 Å². The van der Waals surface area contributed by atoms with Crippen LogP contribution in [-0.4, -0.2) is 13.0 Å². The van der Waals surface area contributed by atoms with Gasteiger partial charge in [0.2, 0.25) is 0 Å². The van der Waals surface area contributed by atoms with Gasteiger partial charge in [-0.05, 0) is 40.2 Å². The Morgan fingerprint density at radius 1 is 1.21 bits per heavy atom. The fraction of sp³-hybridized carbons (Fsp3) is 0.0714. The van der Waals surface area contributed by atoms with Crippen molar-refractivity contribution in [1.29, 1.82) is 0 Å². The van der Waals surface area contributed by atoms with Crippen LogP contribution in [0.15, 0.2) is 46.9 Å². The summed E-state index contributed by atoms with van der Waals surface area (Å²) in [6.45, 7) is 0. The Bertz CT molecular complexity index is 614. The third-order valence-electron chi connectivity index (χ3n) is 2.53. The third-order valence-corrected chi connectivity index (χ3v) is 3.19. The lowest BCUT2D eigenvalue weighted by Gasteiger charge is -2.12. The maximum atomic E-state index is 11.8. The van der Waals surface area contributed by atoms with E-state index in [-0.39, 0.29) is 5.91 Å². The first-order valence-corrected chi connectivity index (χ1v) is 6.45. The summed E-state index contributed by atoms with van der Waals surface area (Å²) in [5, 5.41) is 2.57. The van der Waals surface area contributed by atoms with E-state index in [1.807, 2.05) is 18.2 Å². The highest BCUT2D eigenvalue weighted by Gasteiger charge is 2.13. The number of ether oxygens (including phenoxy) is 1. The molecule has 0 fully saturated rings. The highest BCUT2D eigenvalue weighted by molar-refractivity contribution is 9.10. The van der Waals surface area contributed by atoms with Crippen molar-refractivity contribution < 1.29 is 9.53 Å². The van der Waals surface area contributed by atoms with E-state index in [0.717, 1.165) is 4.47 Å². The van der Waals surface area contributed by atoms with Gasteiger partial charge in [0.25, 0.3) is 5.91 Å². The molecule has 0 saturated carbocycles. The lowest BCUT2D eigenvalue weighted by Crippen LogP contribution is -2.18. The molecule has 1 amide bonds. The van der Waals surface area contributed by atoms with E-state index >= 15 is 0 Å². The number of carbonyl (C=O) groups is 1. The molecule has 4 nitrogen and oxygen atoms in total. The number of nitrogen functional groups attached to an aromatic ring is 1. The van der Waals surface area contributed by atoms with Crippen LogP contribution in [0.25, 0.3) is 0 Å². The molecule has 0 radical (unpaired) electrons. The summed E-state index contributed by atoms with van der Waals surface area (Å²) in [5.41, 5.74) is 6.71. The number of halogens is 1. The van der Waals surface area contributed by atoms with Gasteiger partial charge in [0.05, 0.1) is 10.0 Å². The highest BCUT2D eigenvalue weighted by atomic mass is 79.9. The van der Waals surface area contributed by atoms with Gasteiger partial charge >= 0.3 is 0 Å². The molecule has 0 spiro atoms. The number of nitrogens with two attached hydrogens (primary N) is 1. The standard InChI is InChI=1S/C14H13BrN2O2/c1-17-14(18)10-7-6-9(16)8-13(10)19-12-5-3-2-4-11(12)15/h2-8H,16H2,1H3,(H,17,18). The van der Waals surface area contributed by atoms with Gasteiger partial charge < -0.3 is 15.8 Å². The first kappa shape index (κ1) is 13.4. The molecule has 0 saturated heterocycles. The number of benzene rings is 2. The highest BCUT2D eigenvalue weighted by Crippen LogP contribution is 2.32. The van der Waals surface area contributed by atoms with Gasteiger partial charge in [-0.3, -0.25) is 4.79 Å². The van der Waals surface area contributed by atoms with E-state index in [1.165, 1.54) is 0 Å². The van der Waals surface area contributed by atoms with Crippen molar-refractivity contribution in [1.82, 2.24) is 5.32 Å². The predicted octanol–water partition coefficient (Wildman–Crippen LogP) is 3.18. The minimum atomic E-state index is -0.220. The Labute approximate surface area is 119 Å². The second kappa shape index (κ2) is 5.75. The number of hydrogen-bond donors (Lipinski definition) is 2. The number of amides is 1. The van der Waals surface area contributed by atoms with Gasteiger partial charge in [-0.15, -0.1) is 0 Å². The van der Waals surface area contributed by atoms with Gasteiger partial charge in [0.15, 0.2) is 0 Å². The average molecular weight is 321 g/mol. The molecule has 19 heavy (non-hydrogen) atoms. The molecule has 0 aliphatic heterocycles. The van der Waals surface area contributed by atoms with Crippen LogP contribution in [0.5, 0.6) is 11.5 Å². The van der Waals surface area contributed by atoms with Crippen molar-refractivity contribution in [3.63, 3.8) is 0 Å². The van der Waals surface area contributed by atoms with Gasteiger partial charge in [-0.2, -0.15) is 0 Å². The SMILES string of the molecule is CNC(=O)c1ccc(N)cc1Oc1ccccc1Br. The van der Waals surface area contributed by atoms with Crippen LogP contribution in [0.4, 0.5) is 5.69 Å².